The molecule has 0 saturated carbocycles. The van der Waals surface area contributed by atoms with Gasteiger partial charge in [-0.05, 0) is 53.8 Å². The topological polar surface area (TPSA) is 140 Å². The first kappa shape index (κ1) is 23.5. The van der Waals surface area contributed by atoms with Crippen molar-refractivity contribution < 1.29 is 17.9 Å². The average molecular weight is 479 g/mol. The van der Waals surface area contributed by atoms with Crippen molar-refractivity contribution in [2.75, 3.05) is 12.0 Å². The number of hydrogen-bond acceptors (Lipinski definition) is 7. The summed E-state index contributed by atoms with van der Waals surface area (Å²) in [6, 6.07) is 15.4. The number of carbonyl (C=O) groups is 1. The number of nitrogens with two attached hydrogens (primary N) is 2. The molecule has 176 valence electrons. The number of benzene rings is 2. The summed E-state index contributed by atoms with van der Waals surface area (Å²) in [5, 5.41) is 15.4. The van der Waals surface area contributed by atoms with Gasteiger partial charge < -0.3 is 10.5 Å². The molecule has 0 amide bonds. The highest BCUT2D eigenvalue weighted by molar-refractivity contribution is 7.89. The van der Waals surface area contributed by atoms with E-state index in [1.807, 2.05) is 26.0 Å². The van der Waals surface area contributed by atoms with Gasteiger partial charge in [0.1, 0.15) is 11.6 Å². The number of methoxy groups -OCH3 is 1. The van der Waals surface area contributed by atoms with Gasteiger partial charge in [0.05, 0.1) is 29.6 Å². The second kappa shape index (κ2) is 8.31. The van der Waals surface area contributed by atoms with E-state index in [4.69, 9.17) is 15.6 Å². The highest BCUT2D eigenvalue weighted by Crippen LogP contribution is 2.50. The van der Waals surface area contributed by atoms with Crippen LogP contribution in [0.15, 0.2) is 76.1 Å². The van der Waals surface area contributed by atoms with Crippen LogP contribution in [-0.2, 0) is 14.8 Å². The number of hydrogen-bond donors (Lipinski definition) is 2. The quantitative estimate of drug-likeness (QED) is 0.687. The third kappa shape index (κ3) is 4.06. The second-order valence-corrected chi connectivity index (χ2v) is 10.9. The predicted molar refractivity (Wildman–Crippen MR) is 128 cm³/mol. The molecule has 9 heteroatoms. The van der Waals surface area contributed by atoms with Gasteiger partial charge in [-0.1, -0.05) is 26.0 Å². The summed E-state index contributed by atoms with van der Waals surface area (Å²) < 4.78 is 28.7. The van der Waals surface area contributed by atoms with E-state index in [1.165, 1.54) is 12.1 Å². The minimum absolute atomic E-state index is 0.0484. The maximum Gasteiger partial charge on any atom is 0.238 e. The number of nitriles is 1. The molecule has 1 aliphatic heterocycles. The minimum atomic E-state index is -3.88. The third-order valence-electron chi connectivity index (χ3n) is 6.25. The Morgan fingerprint density at radius 1 is 1.09 bits per heavy atom. The Morgan fingerprint density at radius 2 is 1.71 bits per heavy atom. The molecule has 1 atom stereocenters. The molecule has 0 unspecified atom stereocenters. The van der Waals surface area contributed by atoms with Crippen molar-refractivity contribution in [2.24, 2.45) is 16.3 Å². The van der Waals surface area contributed by atoms with Crippen LogP contribution in [0.3, 0.4) is 0 Å². The van der Waals surface area contributed by atoms with Crippen LogP contribution in [0.2, 0.25) is 0 Å². The van der Waals surface area contributed by atoms with Crippen LogP contribution in [0.5, 0.6) is 5.75 Å². The molecule has 2 aliphatic rings. The van der Waals surface area contributed by atoms with Crippen molar-refractivity contribution in [3.63, 3.8) is 0 Å². The molecule has 0 aromatic heterocycles. The molecule has 34 heavy (non-hydrogen) atoms. The van der Waals surface area contributed by atoms with E-state index in [0.717, 1.165) is 5.70 Å². The Labute approximate surface area is 199 Å². The van der Waals surface area contributed by atoms with Gasteiger partial charge in [0.15, 0.2) is 5.78 Å². The largest absolute Gasteiger partial charge is 0.497 e. The Kier molecular flexibility index (Phi) is 5.75. The first-order chi connectivity index (χ1) is 16.0. The lowest BCUT2D eigenvalue weighted by Gasteiger charge is -2.43. The SMILES string of the molecule is COc1ccc(N2C(N)=C(C#N)[C@@H](c3ccc(S(N)(=O)=O)cc3)C3=C2CC(C)(C)CC3=O)cc1. The number of carbonyl (C=O) groups excluding carboxylic acids is 1. The van der Waals surface area contributed by atoms with Crippen molar-refractivity contribution >= 4 is 21.5 Å². The molecular weight excluding hydrogens is 452 g/mol. The third-order valence-corrected chi connectivity index (χ3v) is 7.18. The number of ketones is 1. The van der Waals surface area contributed by atoms with Gasteiger partial charge in [0.2, 0.25) is 10.0 Å². The summed E-state index contributed by atoms with van der Waals surface area (Å²) in [7, 11) is -2.30. The standard InChI is InChI=1S/C25H26N4O4S/c1-25(2)12-20-23(21(30)13-25)22(15-4-10-18(11-5-15)34(28,31)32)19(14-26)24(27)29(20)16-6-8-17(33-3)9-7-16/h4-11,22H,12-13,27H2,1-3H3,(H2,28,31,32)/t22-/m1/s1. The van der Waals surface area contributed by atoms with Gasteiger partial charge in [-0.15, -0.1) is 0 Å². The van der Waals surface area contributed by atoms with Crippen molar-refractivity contribution in [1.29, 1.82) is 5.26 Å². The average Bonchev–Trinajstić information content (AvgIpc) is 2.77. The van der Waals surface area contributed by atoms with Crippen LogP contribution < -0.4 is 20.5 Å². The van der Waals surface area contributed by atoms with Gasteiger partial charge in [0, 0.05) is 23.4 Å². The first-order valence-corrected chi connectivity index (χ1v) is 12.2. The molecule has 2 aromatic carbocycles. The number of anilines is 1. The van der Waals surface area contributed by atoms with Crippen molar-refractivity contribution in [3.05, 3.63) is 76.8 Å². The van der Waals surface area contributed by atoms with E-state index < -0.39 is 15.9 Å². The van der Waals surface area contributed by atoms with Crippen LogP contribution >= 0.6 is 0 Å². The molecular formula is C25H26N4O4S. The summed E-state index contributed by atoms with van der Waals surface area (Å²) in [5.41, 5.74) is 9.08. The number of nitrogens with zero attached hydrogens (tertiary/aromatic N) is 2. The summed E-state index contributed by atoms with van der Waals surface area (Å²) in [6.07, 6.45) is 0.901. The lowest BCUT2D eigenvalue weighted by atomic mass is 9.68. The van der Waals surface area contributed by atoms with Crippen molar-refractivity contribution in [2.45, 2.75) is 37.5 Å². The summed E-state index contributed by atoms with van der Waals surface area (Å²) >= 11 is 0. The van der Waals surface area contributed by atoms with E-state index in [-0.39, 0.29) is 27.5 Å². The van der Waals surface area contributed by atoms with Gasteiger partial charge in [-0.3, -0.25) is 9.69 Å². The van der Waals surface area contributed by atoms with Crippen molar-refractivity contribution in [1.82, 2.24) is 0 Å². The molecule has 8 nitrogen and oxygen atoms in total. The molecule has 0 radical (unpaired) electrons. The van der Waals surface area contributed by atoms with Gasteiger partial charge in [-0.25, -0.2) is 13.6 Å². The van der Waals surface area contributed by atoms with Gasteiger partial charge in [0.25, 0.3) is 0 Å². The molecule has 0 saturated heterocycles. The summed E-state index contributed by atoms with van der Waals surface area (Å²) in [4.78, 5) is 15.2. The van der Waals surface area contributed by atoms with E-state index in [0.29, 0.717) is 35.4 Å². The fourth-order valence-electron chi connectivity index (χ4n) is 4.72. The smallest absolute Gasteiger partial charge is 0.238 e. The maximum absolute atomic E-state index is 13.5. The predicted octanol–water partition coefficient (Wildman–Crippen LogP) is 3.28. The zero-order chi connectivity index (χ0) is 24.8. The summed E-state index contributed by atoms with van der Waals surface area (Å²) in [6.45, 7) is 4.05. The van der Waals surface area contributed by atoms with Crippen LogP contribution in [-0.4, -0.2) is 21.3 Å². The highest BCUT2D eigenvalue weighted by atomic mass is 32.2. The van der Waals surface area contributed by atoms with Gasteiger partial charge >= 0.3 is 0 Å². The zero-order valence-corrected chi connectivity index (χ0v) is 20.0. The van der Waals surface area contributed by atoms with Crippen LogP contribution in [0.1, 0.15) is 38.2 Å². The molecule has 0 spiro atoms. The van der Waals surface area contributed by atoms with E-state index >= 15 is 0 Å². The lowest BCUT2D eigenvalue weighted by Crippen LogP contribution is -2.42. The Morgan fingerprint density at radius 3 is 2.24 bits per heavy atom. The Bertz CT molecular complexity index is 1370. The first-order valence-electron chi connectivity index (χ1n) is 10.7. The molecule has 4 rings (SSSR count). The normalized spacial score (nSPS) is 20.1. The molecule has 2 aromatic rings. The molecule has 0 bridgehead atoms. The maximum atomic E-state index is 13.5. The van der Waals surface area contributed by atoms with E-state index in [1.54, 1.807) is 36.3 Å². The monoisotopic (exact) mass is 478 g/mol. The number of sulfonamides is 1. The van der Waals surface area contributed by atoms with Gasteiger partial charge in [-0.2, -0.15) is 5.26 Å². The number of rotatable bonds is 4. The molecule has 4 N–H and O–H groups in total. The fraction of sp³-hybridized carbons (Fsp3) is 0.280. The summed E-state index contributed by atoms with van der Waals surface area (Å²) in [5.74, 6) is 0.140. The molecule has 1 heterocycles. The zero-order valence-electron chi connectivity index (χ0n) is 19.2. The van der Waals surface area contributed by atoms with Crippen LogP contribution in [0.4, 0.5) is 5.69 Å². The molecule has 1 aliphatic carbocycles. The van der Waals surface area contributed by atoms with Crippen LogP contribution in [0, 0.1) is 16.7 Å². The van der Waals surface area contributed by atoms with E-state index in [2.05, 4.69) is 6.07 Å². The Hall–Kier alpha value is -3.61. The van der Waals surface area contributed by atoms with Crippen molar-refractivity contribution in [3.8, 4) is 11.8 Å². The number of ether oxygens (including phenoxy) is 1. The minimum Gasteiger partial charge on any atom is -0.497 e. The number of primary sulfonamides is 1. The number of Topliss-reactive ketones (excluding diaryl/α,β-unsaturated/α-hetero) is 1. The Balaban J connectivity index is 1.94. The number of allylic oxidation sites excluding steroid dienone is 3. The highest BCUT2D eigenvalue weighted by Gasteiger charge is 2.44. The lowest BCUT2D eigenvalue weighted by molar-refractivity contribution is -0.118. The second-order valence-electron chi connectivity index (χ2n) is 9.29. The fourth-order valence-corrected chi connectivity index (χ4v) is 5.23. The van der Waals surface area contributed by atoms with E-state index in [9.17, 15) is 18.5 Å². The van der Waals surface area contributed by atoms with Crippen LogP contribution in [0.25, 0.3) is 0 Å². The molecule has 0 fully saturated rings.